The number of aromatic nitrogens is 1. The Balaban J connectivity index is 1.05. The molecule has 0 bridgehead atoms. The second-order valence-electron chi connectivity index (χ2n) is 13.9. The third-order valence-electron chi connectivity index (χ3n) is 9.97. The largest absolute Gasteiger partial charge is 0.431 e. The Labute approximate surface area is 331 Å². The number of Topliss-reactive ketones (excluding diaryl/α,β-unsaturated/α-hetero) is 1. The number of amides is 2. The van der Waals surface area contributed by atoms with Crippen molar-refractivity contribution in [2.45, 2.75) is 63.2 Å². The summed E-state index contributed by atoms with van der Waals surface area (Å²) in [6.07, 6.45) is -0.759. The van der Waals surface area contributed by atoms with E-state index in [9.17, 15) is 14.7 Å². The monoisotopic (exact) mass is 767 g/mol. The molecule has 3 N–H and O–H groups in total. The van der Waals surface area contributed by atoms with Crippen LogP contribution in [0.1, 0.15) is 54.1 Å². The first-order valence-electron chi connectivity index (χ1n) is 18.8. The first kappa shape index (κ1) is 38.7. The summed E-state index contributed by atoms with van der Waals surface area (Å²) in [4.78, 5) is 30.0. The van der Waals surface area contributed by atoms with Gasteiger partial charge in [0, 0.05) is 34.9 Å². The van der Waals surface area contributed by atoms with Crippen LogP contribution in [-0.4, -0.2) is 39.8 Å². The zero-order valence-corrected chi connectivity index (χ0v) is 32.2. The van der Waals surface area contributed by atoms with E-state index < -0.39 is 18.4 Å². The molecule has 7 rings (SSSR count). The number of ketones is 1. The summed E-state index contributed by atoms with van der Waals surface area (Å²) in [6, 6.07) is 44.2. The third kappa shape index (κ3) is 9.64. The van der Waals surface area contributed by atoms with Gasteiger partial charge in [0.05, 0.1) is 24.9 Å². The third-order valence-corrected chi connectivity index (χ3v) is 10.9. The first-order valence-corrected chi connectivity index (χ1v) is 19.8. The maximum atomic E-state index is 12.8. The van der Waals surface area contributed by atoms with Gasteiger partial charge in [-0.15, -0.1) is 0 Å². The fraction of sp³-hybridized carbons (Fsp3) is 0.239. The number of carbonyl (C=O) groups is 2. The van der Waals surface area contributed by atoms with Gasteiger partial charge >= 0.3 is 6.03 Å². The number of thioether (sulfide) groups is 1. The van der Waals surface area contributed by atoms with Crippen molar-refractivity contribution in [3.05, 3.63) is 167 Å². The highest BCUT2D eigenvalue weighted by Crippen LogP contribution is 2.44. The van der Waals surface area contributed by atoms with Crippen molar-refractivity contribution in [1.82, 2.24) is 15.6 Å². The lowest BCUT2D eigenvalue weighted by molar-refractivity contribution is -0.268. The van der Waals surface area contributed by atoms with Gasteiger partial charge in [-0.25, -0.2) is 9.78 Å². The van der Waals surface area contributed by atoms with E-state index >= 15 is 0 Å². The summed E-state index contributed by atoms with van der Waals surface area (Å²) in [5.74, 6) is 1.15. The molecular formula is C46H45N3O6S. The molecule has 10 heteroatoms. The lowest BCUT2D eigenvalue weighted by Crippen LogP contribution is -2.46. The van der Waals surface area contributed by atoms with Gasteiger partial charge in [-0.2, -0.15) is 0 Å². The van der Waals surface area contributed by atoms with Crippen LogP contribution in [0.15, 0.2) is 149 Å². The summed E-state index contributed by atoms with van der Waals surface area (Å²) in [5.41, 5.74) is 7.24. The number of hydrogen-bond acceptors (Lipinski definition) is 8. The summed E-state index contributed by atoms with van der Waals surface area (Å²) in [6.45, 7) is 3.85. The predicted octanol–water partition coefficient (Wildman–Crippen LogP) is 9.08. The molecule has 1 saturated heterocycles. The number of benzene rings is 5. The van der Waals surface area contributed by atoms with Crippen LogP contribution >= 0.6 is 11.8 Å². The summed E-state index contributed by atoms with van der Waals surface area (Å²) < 4.78 is 19.8. The van der Waals surface area contributed by atoms with E-state index in [0.29, 0.717) is 17.4 Å². The molecule has 0 spiro atoms. The molecule has 0 radical (unpaired) electrons. The lowest BCUT2D eigenvalue weighted by atomic mass is 9.91. The Morgan fingerprint density at radius 3 is 2.00 bits per heavy atom. The van der Waals surface area contributed by atoms with Crippen molar-refractivity contribution in [2.24, 2.45) is 5.92 Å². The van der Waals surface area contributed by atoms with E-state index in [2.05, 4.69) is 17.6 Å². The van der Waals surface area contributed by atoms with Gasteiger partial charge in [0.1, 0.15) is 5.69 Å². The highest BCUT2D eigenvalue weighted by molar-refractivity contribution is 7.99. The van der Waals surface area contributed by atoms with E-state index in [1.807, 2.05) is 140 Å². The first-order chi connectivity index (χ1) is 27.3. The molecule has 5 atom stereocenters. The maximum Gasteiger partial charge on any atom is 0.315 e. The fourth-order valence-electron chi connectivity index (χ4n) is 6.73. The van der Waals surface area contributed by atoms with Crippen molar-refractivity contribution in [2.75, 3.05) is 5.75 Å². The van der Waals surface area contributed by atoms with Crippen LogP contribution in [0.4, 0.5) is 4.79 Å². The van der Waals surface area contributed by atoms with E-state index in [0.717, 1.165) is 50.4 Å². The molecule has 2 amide bonds. The second-order valence-corrected chi connectivity index (χ2v) is 14.9. The molecule has 286 valence electrons. The minimum Gasteiger partial charge on any atom is -0.431 e. The Hall–Kier alpha value is -5.52. The molecule has 56 heavy (non-hydrogen) atoms. The molecule has 6 aromatic rings. The Morgan fingerprint density at radius 1 is 0.750 bits per heavy atom. The van der Waals surface area contributed by atoms with Crippen molar-refractivity contribution in [1.29, 1.82) is 0 Å². The zero-order chi connectivity index (χ0) is 38.9. The highest BCUT2D eigenvalue weighted by Gasteiger charge is 2.38. The Morgan fingerprint density at radius 2 is 1.36 bits per heavy atom. The van der Waals surface area contributed by atoms with Crippen LogP contribution in [0.3, 0.4) is 0 Å². The maximum absolute atomic E-state index is 12.8. The summed E-state index contributed by atoms with van der Waals surface area (Å²) in [7, 11) is 0. The fourth-order valence-corrected chi connectivity index (χ4v) is 7.72. The van der Waals surface area contributed by atoms with Crippen molar-refractivity contribution in [3.8, 4) is 22.6 Å². The highest BCUT2D eigenvalue weighted by atomic mass is 32.2. The number of aliphatic hydroxyl groups is 1. The lowest BCUT2D eigenvalue weighted by Gasteiger charge is -2.41. The Bertz CT molecular complexity index is 2120. The number of rotatable bonds is 14. The van der Waals surface area contributed by atoms with Crippen LogP contribution < -0.4 is 10.6 Å². The summed E-state index contributed by atoms with van der Waals surface area (Å²) >= 11 is 1.51. The zero-order valence-electron chi connectivity index (χ0n) is 31.3. The van der Waals surface area contributed by atoms with Crippen LogP contribution in [0, 0.1) is 5.92 Å². The van der Waals surface area contributed by atoms with E-state index in [1.165, 1.54) is 18.7 Å². The second kappa shape index (κ2) is 18.4. The van der Waals surface area contributed by atoms with Gasteiger partial charge in [0.25, 0.3) is 5.22 Å². The SMILES string of the molecule is CC(=O)[C@@H](Cc1ccccc1)NC(=O)NCc1ccc(C2O[C@H](CSc3nc(-c4ccccc4)c(-c4ccccc4)o3)[C@H](C)[C@H](c3ccc(CO)cc3)O2)cc1. The van der Waals surface area contributed by atoms with Gasteiger partial charge < -0.3 is 29.6 Å². The minimum atomic E-state index is -0.664. The predicted molar refractivity (Wildman–Crippen MR) is 217 cm³/mol. The number of ether oxygens (including phenoxy) is 2. The smallest absolute Gasteiger partial charge is 0.315 e. The van der Waals surface area contributed by atoms with Crippen LogP contribution in [0.2, 0.25) is 0 Å². The number of urea groups is 1. The van der Waals surface area contributed by atoms with Crippen molar-refractivity contribution in [3.63, 3.8) is 0 Å². The standard InChI is InChI=1S/C46H45N3O6S/c1-30-40(29-56-46-49-41(35-14-8-4-9-15-35)43(55-46)36-16-10-5-11-17-36)53-44(54-42(30)37-22-20-34(28-50)21-23-37)38-24-18-33(19-25-38)27-47-45(52)48-39(31(2)51)26-32-12-6-3-7-13-32/h3-25,30,39-40,42,44,50H,26-29H2,1-2H3,(H2,47,48,52)/t30-,39+,40+,42+,44?/m0/s1. The van der Waals surface area contributed by atoms with Crippen molar-refractivity contribution < 1.29 is 28.6 Å². The van der Waals surface area contributed by atoms with Crippen LogP contribution in [0.25, 0.3) is 22.6 Å². The molecule has 5 aromatic carbocycles. The van der Waals surface area contributed by atoms with Gasteiger partial charge in [0.15, 0.2) is 17.8 Å². The topological polar surface area (TPSA) is 123 Å². The van der Waals surface area contributed by atoms with Gasteiger partial charge in [0.2, 0.25) is 0 Å². The average molecular weight is 768 g/mol. The van der Waals surface area contributed by atoms with Gasteiger partial charge in [-0.05, 0) is 35.6 Å². The summed E-state index contributed by atoms with van der Waals surface area (Å²) in [5, 5.41) is 15.9. The molecule has 0 aliphatic carbocycles. The van der Waals surface area contributed by atoms with Gasteiger partial charge in [-0.1, -0.05) is 158 Å². The molecule has 1 aliphatic rings. The molecule has 1 aromatic heterocycles. The van der Waals surface area contributed by atoms with E-state index in [1.54, 1.807) is 0 Å². The van der Waals surface area contributed by atoms with E-state index in [4.69, 9.17) is 18.9 Å². The quantitative estimate of drug-likeness (QED) is 0.0939. The number of nitrogens with zero attached hydrogens (tertiary/aromatic N) is 1. The molecule has 1 fully saturated rings. The Kier molecular flexibility index (Phi) is 12.7. The molecule has 0 saturated carbocycles. The number of carbonyl (C=O) groups excluding carboxylic acids is 2. The molecule has 1 unspecified atom stereocenters. The van der Waals surface area contributed by atoms with Crippen LogP contribution in [0.5, 0.6) is 0 Å². The van der Waals surface area contributed by atoms with Crippen LogP contribution in [-0.2, 0) is 33.8 Å². The number of aliphatic hydroxyl groups excluding tert-OH is 1. The minimum absolute atomic E-state index is 0.0291. The normalized spacial score (nSPS) is 18.6. The molecule has 9 nitrogen and oxygen atoms in total. The average Bonchev–Trinajstić information content (AvgIpc) is 3.68. The number of hydrogen-bond donors (Lipinski definition) is 3. The number of oxazole rings is 1. The molecular weight excluding hydrogens is 723 g/mol. The molecule has 1 aliphatic heterocycles. The van der Waals surface area contributed by atoms with E-state index in [-0.39, 0.29) is 37.1 Å². The van der Waals surface area contributed by atoms with Crippen molar-refractivity contribution >= 4 is 23.6 Å². The molecule has 2 heterocycles. The van der Waals surface area contributed by atoms with Gasteiger partial charge in [-0.3, -0.25) is 4.79 Å². The number of nitrogens with one attached hydrogen (secondary N) is 2.